The van der Waals surface area contributed by atoms with Crippen LogP contribution in [0.3, 0.4) is 0 Å². The van der Waals surface area contributed by atoms with Crippen molar-refractivity contribution in [2.45, 2.75) is 27.7 Å². The zero-order valence-electron chi connectivity index (χ0n) is 25.9. The van der Waals surface area contributed by atoms with Gasteiger partial charge in [0.15, 0.2) is 0 Å². The van der Waals surface area contributed by atoms with E-state index < -0.39 is 0 Å². The average Bonchev–Trinajstić information content (AvgIpc) is 3.52. The van der Waals surface area contributed by atoms with Crippen LogP contribution in [-0.2, 0) is 19.4 Å². The first-order valence-electron chi connectivity index (χ1n) is 15.2. The molecular weight excluding hydrogens is 748 g/mol. The molecule has 3 aromatic heterocycles. The zero-order valence-corrected chi connectivity index (χ0v) is 28.2. The fourth-order valence-electron chi connectivity index (χ4n) is 6.67. The van der Waals surface area contributed by atoms with Crippen LogP contribution in [0, 0.1) is 43.6 Å². The predicted octanol–water partition coefficient (Wildman–Crippen LogP) is 9.62. The summed E-state index contributed by atoms with van der Waals surface area (Å²) < 4.78 is 14.4. The number of ether oxygens (including phenoxy) is 1. The number of nitrogens with zero attached hydrogens (tertiary/aromatic N) is 4. The maximum absolute atomic E-state index is 6.59. The Kier molecular flexibility index (Phi) is 6.88. The quantitative estimate of drug-likeness (QED) is 0.163. The summed E-state index contributed by atoms with van der Waals surface area (Å²) in [5.74, 6) is 2.13. The Labute approximate surface area is 278 Å². The van der Waals surface area contributed by atoms with Crippen molar-refractivity contribution in [2.24, 2.45) is 0 Å². The number of fused-ring (bicyclic) bond motifs is 4. The molecule has 0 atom stereocenters. The number of pyridine rings is 1. The molecule has 0 unspecified atom stereocenters. The molecule has 0 aliphatic rings. The van der Waals surface area contributed by atoms with Crippen LogP contribution in [0.2, 0.25) is 0 Å². The van der Waals surface area contributed by atoms with Crippen molar-refractivity contribution in [3.63, 3.8) is 0 Å². The number of aryl methyl sites for hydroxylation is 4. The van der Waals surface area contributed by atoms with Gasteiger partial charge in [-0.15, -0.1) is 0 Å². The Morgan fingerprint density at radius 3 is 2.07 bits per heavy atom. The number of rotatable bonds is 5. The van der Waals surface area contributed by atoms with E-state index in [1.54, 1.807) is 0 Å². The molecule has 0 saturated heterocycles. The van der Waals surface area contributed by atoms with Gasteiger partial charge in [-0.05, 0) is 6.07 Å². The van der Waals surface area contributed by atoms with E-state index in [-0.39, 0.29) is 0 Å². The summed E-state index contributed by atoms with van der Waals surface area (Å²) in [4.78, 5) is 4.67. The van der Waals surface area contributed by atoms with Gasteiger partial charge in [-0.2, -0.15) is 0 Å². The molecule has 0 fully saturated rings. The van der Waals surface area contributed by atoms with Gasteiger partial charge in [-0.1, -0.05) is 18.2 Å². The van der Waals surface area contributed by atoms with Crippen LogP contribution in [0.1, 0.15) is 22.3 Å². The molecule has 5 aromatic carbocycles. The number of hydrogen-bond acceptors (Lipinski definition) is 2. The Morgan fingerprint density at radius 2 is 1.33 bits per heavy atom. The Hall–Kier alpha value is -4.99. The van der Waals surface area contributed by atoms with Gasteiger partial charge < -0.3 is 0 Å². The molecule has 8 rings (SSSR count). The van der Waals surface area contributed by atoms with Crippen LogP contribution < -0.4 is 4.74 Å². The van der Waals surface area contributed by atoms with Gasteiger partial charge in [0.05, 0.1) is 0 Å². The number of aromatic nitrogens is 4. The molecule has 6 heteroatoms. The fraction of sp³-hybridized carbons (Fsp3) is 0.100. The van der Waals surface area contributed by atoms with Crippen molar-refractivity contribution >= 4 is 32.8 Å². The standard InChI is InChI=1S/C40H30N4O.Pt/c1-26-20-28(3)40(29(4)21-26)43-25-42(35-16-7-8-17-36(35)43)30-12-11-13-31(23-30)45-38-24-37-33(22-27(38)2)32-14-5-6-15-34(32)44(37)39-18-9-10-19-41-39;/h5-22H,1-4H3;/q-2;. The van der Waals surface area contributed by atoms with Crippen molar-refractivity contribution < 1.29 is 24.1 Å². The van der Waals surface area contributed by atoms with Gasteiger partial charge in [0.1, 0.15) is 0 Å². The second-order valence-electron chi connectivity index (χ2n) is 11.7. The molecule has 0 saturated carbocycles. The van der Waals surface area contributed by atoms with Crippen molar-refractivity contribution in [3.8, 4) is 28.7 Å². The third-order valence-electron chi connectivity index (χ3n) is 8.51. The van der Waals surface area contributed by atoms with Crippen LogP contribution in [0.15, 0.2) is 109 Å². The van der Waals surface area contributed by atoms with Crippen LogP contribution in [0.4, 0.5) is 0 Å². The van der Waals surface area contributed by atoms with E-state index >= 15 is 0 Å². The first-order valence-corrected chi connectivity index (χ1v) is 16.4. The van der Waals surface area contributed by atoms with Gasteiger partial charge >= 0.3 is 249 Å². The molecule has 0 aliphatic carbocycles. The van der Waals surface area contributed by atoms with E-state index in [2.05, 4.69) is 151 Å². The number of benzene rings is 5. The first-order chi connectivity index (χ1) is 22.4. The molecular formula is C40H30N4OPt-2. The van der Waals surface area contributed by atoms with E-state index in [1.807, 2.05) is 36.5 Å². The molecule has 5 nitrogen and oxygen atoms in total. The molecule has 0 amide bonds. The summed E-state index contributed by atoms with van der Waals surface area (Å²) in [6, 6.07) is 42.8. The van der Waals surface area contributed by atoms with Crippen LogP contribution in [0.25, 0.3) is 50.0 Å². The van der Waals surface area contributed by atoms with Crippen molar-refractivity contribution in [3.05, 3.63) is 148 Å². The van der Waals surface area contributed by atoms with E-state index in [4.69, 9.17) is 4.74 Å². The molecule has 3 heterocycles. The normalized spacial score (nSPS) is 11.6. The Balaban J connectivity index is 1.26. The second kappa shape index (κ2) is 11.1. The molecule has 0 spiro atoms. The average molecular weight is 778 g/mol. The molecule has 0 aliphatic heterocycles. The molecule has 0 N–H and O–H groups in total. The molecule has 228 valence electrons. The van der Waals surface area contributed by atoms with Crippen LogP contribution >= 0.6 is 0 Å². The van der Waals surface area contributed by atoms with Crippen LogP contribution in [-0.4, -0.2) is 18.7 Å². The molecule has 8 aromatic rings. The third kappa shape index (κ3) is 4.57. The summed E-state index contributed by atoms with van der Waals surface area (Å²) in [5, 5.41) is 2.27. The van der Waals surface area contributed by atoms with Gasteiger partial charge in [-0.25, -0.2) is 0 Å². The maximum atomic E-state index is 6.59. The Bertz CT molecular complexity index is 2500. The van der Waals surface area contributed by atoms with Gasteiger partial charge in [0.25, 0.3) is 0 Å². The number of imidazole rings is 1. The second-order valence-corrected chi connectivity index (χ2v) is 12.8. The SMILES string of the molecule is Cc1cc(C)c(-n2[c](=[Pt])n(-c3[c-]c(Oc4[c-]c5c(cc4C)c4ccccc4n5-c4ccccn4)ccc3)c3ccccc32)c(C)c1. The minimum absolute atomic E-state index is 0.625. The van der Waals surface area contributed by atoms with Crippen molar-refractivity contribution in [1.82, 2.24) is 18.7 Å². The molecule has 0 bridgehead atoms. The fourth-order valence-corrected chi connectivity index (χ4v) is 7.74. The predicted molar refractivity (Wildman–Crippen MR) is 181 cm³/mol. The van der Waals surface area contributed by atoms with Crippen molar-refractivity contribution in [1.29, 1.82) is 0 Å². The molecule has 46 heavy (non-hydrogen) atoms. The Morgan fingerprint density at radius 1 is 0.630 bits per heavy atom. The summed E-state index contributed by atoms with van der Waals surface area (Å²) in [6.45, 7) is 8.60. The third-order valence-corrected chi connectivity index (χ3v) is 9.53. The summed E-state index contributed by atoms with van der Waals surface area (Å²) >= 11 is 2.44. The summed E-state index contributed by atoms with van der Waals surface area (Å²) in [7, 11) is 0. The van der Waals surface area contributed by atoms with Gasteiger partial charge in [0.2, 0.25) is 0 Å². The monoisotopic (exact) mass is 777 g/mol. The topological polar surface area (TPSA) is 36.9 Å². The molecule has 0 radical (unpaired) electrons. The van der Waals surface area contributed by atoms with Crippen molar-refractivity contribution in [2.75, 3.05) is 0 Å². The van der Waals surface area contributed by atoms with Gasteiger partial charge in [-0.3, -0.25) is 0 Å². The van der Waals surface area contributed by atoms with E-state index in [9.17, 15) is 0 Å². The first kappa shape index (κ1) is 28.5. The number of para-hydroxylation sites is 3. The summed E-state index contributed by atoms with van der Waals surface area (Å²) in [6.07, 6.45) is 1.82. The number of hydrogen-bond donors (Lipinski definition) is 0. The van der Waals surface area contributed by atoms with E-state index in [0.29, 0.717) is 11.5 Å². The minimum atomic E-state index is 0.625. The summed E-state index contributed by atoms with van der Waals surface area (Å²) in [5.41, 5.74) is 11.1. The van der Waals surface area contributed by atoms with E-state index in [1.165, 1.54) is 22.4 Å². The van der Waals surface area contributed by atoms with E-state index in [0.717, 1.165) is 53.7 Å². The zero-order chi connectivity index (χ0) is 31.5. The van der Waals surface area contributed by atoms with Gasteiger partial charge in [0, 0.05) is 6.20 Å². The van der Waals surface area contributed by atoms with Crippen LogP contribution in [0.5, 0.6) is 11.5 Å².